The van der Waals surface area contributed by atoms with Gasteiger partial charge < -0.3 is 39.4 Å². The van der Waals surface area contributed by atoms with Crippen molar-refractivity contribution in [1.82, 2.24) is 20.0 Å². The van der Waals surface area contributed by atoms with Crippen LogP contribution in [0.25, 0.3) is 11.1 Å². The monoisotopic (exact) mass is 1030 g/mol. The zero-order valence-corrected chi connectivity index (χ0v) is 43.6. The molecule has 5 aliphatic heterocycles. The number of ether oxygens (including phenoxy) is 4. The molecule has 2 N–H and O–H groups in total. The minimum atomic E-state index is -0.910. The van der Waals surface area contributed by atoms with Crippen molar-refractivity contribution in [2.45, 2.75) is 84.8 Å². The van der Waals surface area contributed by atoms with E-state index < -0.39 is 42.1 Å². The summed E-state index contributed by atoms with van der Waals surface area (Å²) in [6.07, 6.45) is 8.87. The van der Waals surface area contributed by atoms with Gasteiger partial charge in [0.2, 0.25) is 23.6 Å². The predicted octanol–water partition coefficient (Wildman–Crippen LogP) is 7.87. The molecule has 1 saturated heterocycles. The standard InChI is InChI=1S/C58H61N7O11/c1-32(2)54(62-52(67)31-65-53(68)21-35(5)56(65)70)48(66)20-34(4)55(69)61-40-13-9-36(10-14-40)38-22-42-28-60-47-26-51(50(74-7)24-45(47)58(72)64(42)29-38)76-18-8-17-75-49-25-46-44(19-33(49)3)57(71)63-30-39(23-41(63)27-59-46)37-11-15-43(73-6)16-12-37/h9-16,19,24-30,32,34-35,41-42,54H,8,17-18,20-23,31H2,1-7H3,(H,61,69)(H,62,67). The SMILES string of the molecule is COc1ccc(C2=CN3C(=O)c4cc(C)c(OCCCOc5cc6c(cc5OC)C(=O)N5C=C(c7ccc(NC(=O)C(C)CC(=O)C(NC(=O)CN8C(=O)CC(C)C8=O)C(C)C)cc7)CC5C=N6)cc4N=CC3C2)cc1. The number of fused-ring (bicyclic) bond motifs is 4. The van der Waals surface area contributed by atoms with Crippen LogP contribution < -0.4 is 29.6 Å². The number of Topliss-reactive ketones (excluding diaryl/α,β-unsaturated/α-hetero) is 1. The first kappa shape index (κ1) is 52.5. The Hall–Kier alpha value is -8.41. The maximum atomic E-state index is 14.1. The highest BCUT2D eigenvalue weighted by molar-refractivity contribution is 6.08. The number of ketones is 1. The Balaban J connectivity index is 0.758. The third-order valence-electron chi connectivity index (χ3n) is 14.3. The molecular formula is C58H61N7O11. The zero-order valence-electron chi connectivity index (χ0n) is 43.6. The van der Waals surface area contributed by atoms with Crippen molar-refractivity contribution < 1.29 is 52.5 Å². The molecule has 5 heterocycles. The Morgan fingerprint density at radius 2 is 1.28 bits per heavy atom. The lowest BCUT2D eigenvalue weighted by atomic mass is 9.92. The Kier molecular flexibility index (Phi) is 15.3. The Morgan fingerprint density at radius 3 is 1.83 bits per heavy atom. The molecule has 5 atom stereocenters. The number of amides is 6. The number of aliphatic imine (C=N–C) groups is 2. The van der Waals surface area contributed by atoms with Crippen LogP contribution in [-0.2, 0) is 24.0 Å². The molecule has 5 aliphatic rings. The van der Waals surface area contributed by atoms with Gasteiger partial charge in [0.1, 0.15) is 18.0 Å². The number of rotatable bonds is 19. The van der Waals surface area contributed by atoms with Crippen LogP contribution in [0.1, 0.15) is 97.2 Å². The van der Waals surface area contributed by atoms with E-state index in [1.165, 1.54) is 7.11 Å². The van der Waals surface area contributed by atoms with Gasteiger partial charge >= 0.3 is 0 Å². The van der Waals surface area contributed by atoms with Gasteiger partial charge in [0.05, 0.1) is 68.1 Å². The minimum Gasteiger partial charge on any atom is -0.497 e. The minimum absolute atomic E-state index is 0.0452. The van der Waals surface area contributed by atoms with Gasteiger partial charge in [-0.15, -0.1) is 0 Å². The van der Waals surface area contributed by atoms with Crippen molar-refractivity contribution >= 4 is 81.9 Å². The fraction of sp³-hybridized carbons (Fsp3) is 0.362. The van der Waals surface area contributed by atoms with Crippen molar-refractivity contribution in [3.05, 3.63) is 113 Å². The number of benzene rings is 4. The van der Waals surface area contributed by atoms with E-state index in [9.17, 15) is 33.6 Å². The highest BCUT2D eigenvalue weighted by atomic mass is 16.5. The lowest BCUT2D eigenvalue weighted by Gasteiger charge is -2.24. The molecule has 4 aromatic carbocycles. The first-order valence-corrected chi connectivity index (χ1v) is 25.5. The van der Waals surface area contributed by atoms with Gasteiger partial charge in [-0.25, -0.2) is 0 Å². The summed E-state index contributed by atoms with van der Waals surface area (Å²) in [5.41, 5.74) is 7.03. The van der Waals surface area contributed by atoms with Crippen molar-refractivity contribution in [2.24, 2.45) is 27.7 Å². The van der Waals surface area contributed by atoms with E-state index >= 15 is 0 Å². The Bertz CT molecular complexity index is 3120. The average molecular weight is 1030 g/mol. The summed E-state index contributed by atoms with van der Waals surface area (Å²) in [6, 6.07) is 20.5. The molecule has 0 bridgehead atoms. The number of aryl methyl sites for hydroxylation is 1. The van der Waals surface area contributed by atoms with Crippen LogP contribution >= 0.6 is 0 Å². The molecule has 0 aromatic heterocycles. The van der Waals surface area contributed by atoms with Gasteiger partial charge in [0.25, 0.3) is 11.8 Å². The van der Waals surface area contributed by atoms with Gasteiger partial charge in [-0.05, 0) is 77.1 Å². The number of nitrogens with one attached hydrogen (secondary N) is 2. The highest BCUT2D eigenvalue weighted by Crippen LogP contribution is 2.41. The van der Waals surface area contributed by atoms with Crippen molar-refractivity contribution in [1.29, 1.82) is 0 Å². The van der Waals surface area contributed by atoms with Crippen LogP contribution in [0.4, 0.5) is 17.1 Å². The van der Waals surface area contributed by atoms with Crippen LogP contribution in [-0.4, -0.2) is 120 Å². The lowest BCUT2D eigenvalue weighted by molar-refractivity contribution is -0.143. The average Bonchev–Trinajstić information content (AvgIpc) is 4.07. The topological polar surface area (TPSA) is 215 Å². The Labute approximate surface area is 440 Å². The third-order valence-corrected chi connectivity index (χ3v) is 14.3. The molecule has 18 nitrogen and oxygen atoms in total. The molecule has 5 unspecified atom stereocenters. The second-order valence-corrected chi connectivity index (χ2v) is 20.1. The Morgan fingerprint density at radius 1 is 0.711 bits per heavy atom. The number of anilines is 1. The molecule has 394 valence electrons. The first-order valence-electron chi connectivity index (χ1n) is 25.5. The van der Waals surface area contributed by atoms with Gasteiger partial charge in [0, 0.05) is 86.6 Å². The fourth-order valence-electron chi connectivity index (χ4n) is 9.93. The predicted molar refractivity (Wildman–Crippen MR) is 285 cm³/mol. The van der Waals surface area contributed by atoms with E-state index in [1.807, 2.05) is 74.1 Å². The van der Waals surface area contributed by atoms with Gasteiger partial charge in [0.15, 0.2) is 17.3 Å². The van der Waals surface area contributed by atoms with Gasteiger partial charge in [-0.1, -0.05) is 52.0 Å². The maximum Gasteiger partial charge on any atom is 0.260 e. The molecule has 1 fully saturated rings. The van der Waals surface area contributed by atoms with Crippen LogP contribution in [0.5, 0.6) is 23.0 Å². The summed E-state index contributed by atoms with van der Waals surface area (Å²) < 4.78 is 23.3. The normalized spacial score (nSPS) is 19.2. The van der Waals surface area contributed by atoms with E-state index in [4.69, 9.17) is 28.9 Å². The maximum absolute atomic E-state index is 14.1. The summed E-state index contributed by atoms with van der Waals surface area (Å²) >= 11 is 0. The first-order chi connectivity index (χ1) is 36.5. The molecule has 6 amide bonds. The van der Waals surface area contributed by atoms with E-state index in [-0.39, 0.29) is 61.0 Å². The third kappa shape index (κ3) is 11.0. The summed E-state index contributed by atoms with van der Waals surface area (Å²) in [5.74, 6) is -1.86. The molecule has 0 spiro atoms. The number of hydrogen-bond donors (Lipinski definition) is 2. The second-order valence-electron chi connectivity index (χ2n) is 20.1. The smallest absolute Gasteiger partial charge is 0.260 e. The van der Waals surface area contributed by atoms with E-state index in [2.05, 4.69) is 10.6 Å². The van der Waals surface area contributed by atoms with Crippen molar-refractivity contribution in [3.8, 4) is 23.0 Å². The zero-order chi connectivity index (χ0) is 53.9. The number of nitrogens with zero attached hydrogens (tertiary/aromatic N) is 5. The summed E-state index contributed by atoms with van der Waals surface area (Å²) in [4.78, 5) is 106. The lowest BCUT2D eigenvalue weighted by Crippen LogP contribution is -2.49. The number of hydrogen-bond acceptors (Lipinski definition) is 13. The van der Waals surface area contributed by atoms with Crippen molar-refractivity contribution in [2.75, 3.05) is 39.3 Å². The molecule has 0 saturated carbocycles. The van der Waals surface area contributed by atoms with Crippen LogP contribution in [0.2, 0.25) is 0 Å². The quantitative estimate of drug-likeness (QED) is 0.0681. The van der Waals surface area contributed by atoms with Crippen LogP contribution in [0.3, 0.4) is 0 Å². The summed E-state index contributed by atoms with van der Waals surface area (Å²) in [7, 11) is 3.14. The number of likely N-dealkylation sites (tertiary alicyclic amines) is 1. The number of methoxy groups -OCH3 is 2. The molecule has 9 rings (SSSR count). The van der Waals surface area contributed by atoms with Gasteiger partial charge in [-0.2, -0.15) is 0 Å². The van der Waals surface area contributed by atoms with Crippen LogP contribution in [0.15, 0.2) is 95.2 Å². The molecule has 0 radical (unpaired) electrons. The number of carbonyl (C=O) groups excluding carboxylic acids is 7. The second kappa shape index (κ2) is 22.2. The fourth-order valence-corrected chi connectivity index (χ4v) is 9.93. The summed E-state index contributed by atoms with van der Waals surface area (Å²) in [5, 5.41) is 5.53. The molecular weight excluding hydrogens is 971 g/mol. The highest BCUT2D eigenvalue weighted by Gasteiger charge is 2.39. The van der Waals surface area contributed by atoms with Crippen LogP contribution in [0, 0.1) is 24.7 Å². The summed E-state index contributed by atoms with van der Waals surface area (Å²) in [6.45, 7) is 8.85. The molecule has 4 aromatic rings. The van der Waals surface area contributed by atoms with Gasteiger partial charge in [-0.3, -0.25) is 48.4 Å². The van der Waals surface area contributed by atoms with E-state index in [1.54, 1.807) is 75.1 Å². The molecule has 0 aliphatic carbocycles. The largest absolute Gasteiger partial charge is 0.497 e. The molecule has 18 heteroatoms. The number of carbonyl (C=O) groups is 7. The van der Waals surface area contributed by atoms with E-state index in [0.717, 1.165) is 38.5 Å². The molecule has 76 heavy (non-hydrogen) atoms. The number of imide groups is 1. The van der Waals surface area contributed by atoms with E-state index in [0.29, 0.717) is 71.3 Å². The van der Waals surface area contributed by atoms with Crippen molar-refractivity contribution in [3.63, 3.8) is 0 Å².